The zero-order valence-corrected chi connectivity index (χ0v) is 12.7. The van der Waals surface area contributed by atoms with Crippen molar-refractivity contribution < 1.29 is 9.59 Å². The first-order valence-electron chi connectivity index (χ1n) is 6.08. The van der Waals surface area contributed by atoms with Gasteiger partial charge in [-0.2, -0.15) is 0 Å². The minimum Gasteiger partial charge on any atom is -0.345 e. The predicted octanol–water partition coefficient (Wildman–Crippen LogP) is 2.23. The van der Waals surface area contributed by atoms with Gasteiger partial charge in [-0.05, 0) is 38.7 Å². The Morgan fingerprint density at radius 2 is 2.16 bits per heavy atom. The largest absolute Gasteiger partial charge is 0.345 e. The average Bonchev–Trinajstić information content (AvgIpc) is 3.06. The van der Waals surface area contributed by atoms with Crippen LogP contribution in [0.1, 0.15) is 46.7 Å². The summed E-state index contributed by atoms with van der Waals surface area (Å²) in [6.07, 6.45) is 2.24. The molecule has 106 valence electrons. The fraction of sp³-hybridized carbons (Fsp3) is 0.538. The smallest absolute Gasteiger partial charge is 0.261 e. The Morgan fingerprint density at radius 3 is 2.58 bits per heavy atom. The lowest BCUT2D eigenvalue weighted by Crippen LogP contribution is -2.53. The molecule has 3 N–H and O–H groups in total. The van der Waals surface area contributed by atoms with Gasteiger partial charge in [0.25, 0.3) is 5.91 Å². The number of amides is 1. The highest BCUT2D eigenvalue weighted by molar-refractivity contribution is 7.12. The van der Waals surface area contributed by atoms with Gasteiger partial charge >= 0.3 is 0 Å². The van der Waals surface area contributed by atoms with Gasteiger partial charge in [-0.15, -0.1) is 23.7 Å². The molecule has 1 unspecified atom stereocenters. The van der Waals surface area contributed by atoms with Crippen molar-refractivity contribution in [2.24, 2.45) is 11.7 Å². The van der Waals surface area contributed by atoms with Crippen LogP contribution in [0.4, 0.5) is 0 Å². The van der Waals surface area contributed by atoms with E-state index in [4.69, 9.17) is 5.73 Å². The van der Waals surface area contributed by atoms with E-state index in [1.54, 1.807) is 11.4 Å². The van der Waals surface area contributed by atoms with Crippen molar-refractivity contribution in [3.63, 3.8) is 0 Å². The number of nitrogens with two attached hydrogens (primary N) is 1. The van der Waals surface area contributed by atoms with Gasteiger partial charge < -0.3 is 11.1 Å². The molecule has 1 aromatic heterocycles. The maximum Gasteiger partial charge on any atom is 0.261 e. The standard InChI is InChI=1S/C13H18N2O2S.ClH/c1-8(16)9-5-11(18-6-9)12(17)15-13(2,7-14)10-3-4-10;/h5-6,10H,3-4,7,14H2,1-2H3,(H,15,17);1H. The fourth-order valence-corrected chi connectivity index (χ4v) is 2.84. The summed E-state index contributed by atoms with van der Waals surface area (Å²) >= 11 is 1.30. The third-order valence-corrected chi connectivity index (χ3v) is 4.46. The van der Waals surface area contributed by atoms with Crippen LogP contribution in [0.5, 0.6) is 0 Å². The maximum absolute atomic E-state index is 12.1. The highest BCUT2D eigenvalue weighted by Gasteiger charge is 2.41. The Bertz CT molecular complexity index is 485. The van der Waals surface area contributed by atoms with E-state index in [-0.39, 0.29) is 29.6 Å². The average molecular weight is 303 g/mol. The molecule has 1 fully saturated rings. The molecule has 2 rings (SSSR count). The molecule has 1 atom stereocenters. The molecule has 0 aromatic carbocycles. The number of halogens is 1. The van der Waals surface area contributed by atoms with Crippen LogP contribution in [0.25, 0.3) is 0 Å². The Labute approximate surface area is 123 Å². The van der Waals surface area contributed by atoms with Crippen LogP contribution in [-0.2, 0) is 0 Å². The van der Waals surface area contributed by atoms with E-state index in [2.05, 4.69) is 5.32 Å². The van der Waals surface area contributed by atoms with Gasteiger partial charge in [0.1, 0.15) is 0 Å². The summed E-state index contributed by atoms with van der Waals surface area (Å²) in [6, 6.07) is 1.65. The second kappa shape index (κ2) is 6.03. The summed E-state index contributed by atoms with van der Waals surface area (Å²) < 4.78 is 0. The predicted molar refractivity (Wildman–Crippen MR) is 79.2 cm³/mol. The van der Waals surface area contributed by atoms with Crippen molar-refractivity contribution in [3.05, 3.63) is 21.9 Å². The van der Waals surface area contributed by atoms with Crippen molar-refractivity contribution in [2.75, 3.05) is 6.54 Å². The monoisotopic (exact) mass is 302 g/mol. The summed E-state index contributed by atoms with van der Waals surface area (Å²) in [5.41, 5.74) is 6.03. The molecule has 19 heavy (non-hydrogen) atoms. The molecule has 0 spiro atoms. The number of hydrogen-bond donors (Lipinski definition) is 2. The van der Waals surface area contributed by atoms with Gasteiger partial charge in [0, 0.05) is 17.5 Å². The lowest BCUT2D eigenvalue weighted by Gasteiger charge is -2.29. The van der Waals surface area contributed by atoms with Crippen LogP contribution in [0.3, 0.4) is 0 Å². The lowest BCUT2D eigenvalue weighted by molar-refractivity contribution is 0.0902. The molecule has 1 aliphatic carbocycles. The number of carbonyl (C=O) groups is 2. The van der Waals surface area contributed by atoms with Crippen molar-refractivity contribution in [1.82, 2.24) is 5.32 Å². The van der Waals surface area contributed by atoms with Gasteiger partial charge in [0.15, 0.2) is 5.78 Å². The second-order valence-electron chi connectivity index (χ2n) is 5.11. The van der Waals surface area contributed by atoms with Gasteiger partial charge in [0.2, 0.25) is 0 Å². The highest BCUT2D eigenvalue weighted by atomic mass is 35.5. The minimum atomic E-state index is -0.322. The number of thiophene rings is 1. The number of Topliss-reactive ketones (excluding diaryl/α,β-unsaturated/α-hetero) is 1. The third kappa shape index (κ3) is 3.55. The Hall–Kier alpha value is -0.910. The summed E-state index contributed by atoms with van der Waals surface area (Å²) in [6.45, 7) is 3.92. The molecule has 0 saturated heterocycles. The Balaban J connectivity index is 0.00000180. The number of rotatable bonds is 5. The molecule has 1 saturated carbocycles. The van der Waals surface area contributed by atoms with Crippen molar-refractivity contribution in [2.45, 2.75) is 32.2 Å². The molecule has 1 aromatic rings. The van der Waals surface area contributed by atoms with Crippen LogP contribution in [0.15, 0.2) is 11.4 Å². The third-order valence-electron chi connectivity index (χ3n) is 3.53. The number of ketones is 1. The van der Waals surface area contributed by atoms with Gasteiger partial charge in [-0.1, -0.05) is 0 Å². The first-order valence-corrected chi connectivity index (χ1v) is 6.96. The van der Waals surface area contributed by atoms with E-state index >= 15 is 0 Å². The van der Waals surface area contributed by atoms with E-state index in [1.165, 1.54) is 18.3 Å². The first kappa shape index (κ1) is 16.1. The van der Waals surface area contributed by atoms with Crippen LogP contribution < -0.4 is 11.1 Å². The maximum atomic E-state index is 12.1. The van der Waals surface area contributed by atoms with E-state index in [9.17, 15) is 9.59 Å². The number of nitrogens with one attached hydrogen (secondary N) is 1. The van der Waals surface area contributed by atoms with E-state index in [1.807, 2.05) is 6.92 Å². The van der Waals surface area contributed by atoms with Crippen LogP contribution >= 0.6 is 23.7 Å². The van der Waals surface area contributed by atoms with Crippen molar-refractivity contribution in [3.8, 4) is 0 Å². The second-order valence-corrected chi connectivity index (χ2v) is 6.02. The molecule has 0 bridgehead atoms. The first-order chi connectivity index (χ1) is 8.46. The molecule has 1 heterocycles. The summed E-state index contributed by atoms with van der Waals surface area (Å²) in [5, 5.41) is 4.73. The van der Waals surface area contributed by atoms with Crippen LogP contribution in [0.2, 0.25) is 0 Å². The molecule has 4 nitrogen and oxygen atoms in total. The van der Waals surface area contributed by atoms with Gasteiger partial charge in [-0.25, -0.2) is 0 Å². The molecule has 1 amide bonds. The Morgan fingerprint density at radius 1 is 1.53 bits per heavy atom. The normalized spacial score (nSPS) is 17.2. The van der Waals surface area contributed by atoms with Gasteiger partial charge in [0.05, 0.1) is 10.4 Å². The minimum absolute atomic E-state index is 0. The Kier molecular flexibility index (Phi) is 5.12. The quantitative estimate of drug-likeness (QED) is 0.819. The topological polar surface area (TPSA) is 72.2 Å². The summed E-state index contributed by atoms with van der Waals surface area (Å²) in [4.78, 5) is 23.9. The molecule has 0 radical (unpaired) electrons. The molecular weight excluding hydrogens is 284 g/mol. The summed E-state index contributed by atoms with van der Waals surface area (Å²) in [5.74, 6) is 0.333. The molecular formula is C13H19ClN2O2S. The molecule has 0 aliphatic heterocycles. The zero-order valence-electron chi connectivity index (χ0n) is 11.1. The lowest BCUT2D eigenvalue weighted by atomic mass is 9.96. The van der Waals surface area contributed by atoms with Gasteiger partial charge in [-0.3, -0.25) is 9.59 Å². The fourth-order valence-electron chi connectivity index (χ4n) is 2.00. The van der Waals surface area contributed by atoms with Crippen LogP contribution in [-0.4, -0.2) is 23.8 Å². The van der Waals surface area contributed by atoms with Crippen LogP contribution in [0, 0.1) is 5.92 Å². The number of carbonyl (C=O) groups excluding carboxylic acids is 2. The highest BCUT2D eigenvalue weighted by Crippen LogP contribution is 2.39. The van der Waals surface area contributed by atoms with Crippen molar-refractivity contribution >= 4 is 35.4 Å². The molecule has 1 aliphatic rings. The molecule has 6 heteroatoms. The zero-order chi connectivity index (χ0) is 13.3. The number of hydrogen-bond acceptors (Lipinski definition) is 4. The van der Waals surface area contributed by atoms with Crippen molar-refractivity contribution in [1.29, 1.82) is 0 Å². The van der Waals surface area contributed by atoms with E-state index < -0.39 is 0 Å². The van der Waals surface area contributed by atoms with E-state index in [0.29, 0.717) is 22.9 Å². The van der Waals surface area contributed by atoms with E-state index in [0.717, 1.165) is 12.8 Å². The SMILES string of the molecule is CC(=O)c1csc(C(=O)NC(C)(CN)C2CC2)c1.Cl. The summed E-state index contributed by atoms with van der Waals surface area (Å²) in [7, 11) is 0.